The van der Waals surface area contributed by atoms with Crippen LogP contribution in [0.15, 0.2) is 46.9 Å². The summed E-state index contributed by atoms with van der Waals surface area (Å²) >= 11 is 0. The number of para-hydroxylation sites is 1. The molecule has 0 saturated carbocycles. The SMILES string of the molecule is COc1cc(OC)c(OC)cc1/C=C/C(=O)OCC(=O)c1oc2ccccc2c1C. The Bertz CT molecular complexity index is 1110. The van der Waals surface area contributed by atoms with Gasteiger partial charge in [0.2, 0.25) is 5.78 Å². The quantitative estimate of drug-likeness (QED) is 0.312. The first-order valence-corrected chi connectivity index (χ1v) is 9.14. The van der Waals surface area contributed by atoms with E-state index in [-0.39, 0.29) is 5.76 Å². The molecule has 0 atom stereocenters. The molecule has 156 valence electrons. The van der Waals surface area contributed by atoms with Gasteiger partial charge in [0.05, 0.1) is 21.3 Å². The molecule has 1 aromatic heterocycles. The molecule has 3 rings (SSSR count). The number of methoxy groups -OCH3 is 3. The molecule has 7 nitrogen and oxygen atoms in total. The van der Waals surface area contributed by atoms with Gasteiger partial charge < -0.3 is 23.4 Å². The fourth-order valence-corrected chi connectivity index (χ4v) is 3.03. The molecule has 7 heteroatoms. The first kappa shape index (κ1) is 21.0. The number of rotatable bonds is 8. The van der Waals surface area contributed by atoms with Crippen LogP contribution in [-0.2, 0) is 9.53 Å². The van der Waals surface area contributed by atoms with Gasteiger partial charge in [0, 0.05) is 28.7 Å². The summed E-state index contributed by atoms with van der Waals surface area (Å²) in [5.41, 5.74) is 1.92. The van der Waals surface area contributed by atoms with Crippen LogP contribution in [0.25, 0.3) is 17.0 Å². The van der Waals surface area contributed by atoms with Gasteiger partial charge in [-0.15, -0.1) is 0 Å². The predicted molar refractivity (Wildman–Crippen MR) is 111 cm³/mol. The number of esters is 1. The molecular weight excluding hydrogens is 388 g/mol. The van der Waals surface area contributed by atoms with Crippen LogP contribution in [0.2, 0.25) is 0 Å². The summed E-state index contributed by atoms with van der Waals surface area (Å²) in [5.74, 6) is 0.589. The Labute approximate surface area is 173 Å². The molecule has 0 bridgehead atoms. The molecule has 0 amide bonds. The normalized spacial score (nSPS) is 10.9. The van der Waals surface area contributed by atoms with E-state index >= 15 is 0 Å². The Morgan fingerprint density at radius 3 is 2.30 bits per heavy atom. The van der Waals surface area contributed by atoms with Crippen molar-refractivity contribution in [2.24, 2.45) is 0 Å². The minimum absolute atomic E-state index is 0.189. The summed E-state index contributed by atoms with van der Waals surface area (Å²) in [4.78, 5) is 24.5. The van der Waals surface area contributed by atoms with Gasteiger partial charge in [0.25, 0.3) is 0 Å². The zero-order chi connectivity index (χ0) is 21.7. The molecule has 0 fully saturated rings. The lowest BCUT2D eigenvalue weighted by atomic mass is 10.1. The maximum absolute atomic E-state index is 12.4. The van der Waals surface area contributed by atoms with Gasteiger partial charge in [-0.25, -0.2) is 4.79 Å². The van der Waals surface area contributed by atoms with E-state index in [1.807, 2.05) is 18.2 Å². The smallest absolute Gasteiger partial charge is 0.331 e. The fourth-order valence-electron chi connectivity index (χ4n) is 3.03. The molecule has 0 aliphatic heterocycles. The highest BCUT2D eigenvalue weighted by Gasteiger charge is 2.18. The van der Waals surface area contributed by atoms with E-state index < -0.39 is 18.4 Å². The van der Waals surface area contributed by atoms with Gasteiger partial charge >= 0.3 is 5.97 Å². The van der Waals surface area contributed by atoms with Crippen molar-refractivity contribution in [3.05, 3.63) is 59.4 Å². The summed E-state index contributed by atoms with van der Waals surface area (Å²) in [6, 6.07) is 10.7. The maximum Gasteiger partial charge on any atom is 0.331 e. The molecule has 0 aliphatic rings. The van der Waals surface area contributed by atoms with Crippen molar-refractivity contribution >= 4 is 28.8 Å². The van der Waals surface area contributed by atoms with E-state index in [1.165, 1.54) is 33.5 Å². The monoisotopic (exact) mass is 410 g/mol. The first-order valence-electron chi connectivity index (χ1n) is 9.14. The van der Waals surface area contributed by atoms with Crippen molar-refractivity contribution in [1.29, 1.82) is 0 Å². The molecule has 2 aromatic carbocycles. The van der Waals surface area contributed by atoms with Crippen molar-refractivity contribution in [1.82, 2.24) is 0 Å². The number of ketones is 1. The highest BCUT2D eigenvalue weighted by atomic mass is 16.5. The lowest BCUT2D eigenvalue weighted by molar-refractivity contribution is -0.136. The van der Waals surface area contributed by atoms with Gasteiger partial charge in [0.1, 0.15) is 11.3 Å². The number of carbonyl (C=O) groups excluding carboxylic acids is 2. The average molecular weight is 410 g/mol. The predicted octanol–water partition coefficient (Wildman–Crippen LogP) is 4.21. The summed E-state index contributed by atoms with van der Waals surface area (Å²) in [5, 5.41) is 0.854. The third-order valence-electron chi connectivity index (χ3n) is 4.58. The van der Waals surface area contributed by atoms with E-state index in [0.29, 0.717) is 28.4 Å². The van der Waals surface area contributed by atoms with Crippen molar-refractivity contribution in [2.75, 3.05) is 27.9 Å². The number of hydrogen-bond donors (Lipinski definition) is 0. The van der Waals surface area contributed by atoms with Crippen LogP contribution < -0.4 is 14.2 Å². The van der Waals surface area contributed by atoms with Crippen LogP contribution in [0.5, 0.6) is 17.2 Å². The average Bonchev–Trinajstić information content (AvgIpc) is 3.12. The molecule has 0 N–H and O–H groups in total. The number of hydrogen-bond acceptors (Lipinski definition) is 7. The third kappa shape index (κ3) is 4.30. The van der Waals surface area contributed by atoms with E-state index in [1.54, 1.807) is 25.1 Å². The van der Waals surface area contributed by atoms with E-state index in [2.05, 4.69) is 0 Å². The molecular formula is C23H22O7. The topological polar surface area (TPSA) is 84.2 Å². The number of furan rings is 1. The van der Waals surface area contributed by atoms with Crippen LogP contribution in [0.1, 0.15) is 21.7 Å². The summed E-state index contributed by atoms with van der Waals surface area (Å²) in [6.07, 6.45) is 2.72. The Morgan fingerprint density at radius 1 is 0.967 bits per heavy atom. The molecule has 0 radical (unpaired) electrons. The zero-order valence-corrected chi connectivity index (χ0v) is 17.2. The summed E-state index contributed by atoms with van der Waals surface area (Å²) in [6.45, 7) is 1.37. The molecule has 0 aliphatic carbocycles. The fraction of sp³-hybridized carbons (Fsp3) is 0.217. The minimum atomic E-state index is -0.672. The highest BCUT2D eigenvalue weighted by molar-refractivity contribution is 6.02. The lowest BCUT2D eigenvalue weighted by Crippen LogP contribution is -2.12. The molecule has 0 unspecified atom stereocenters. The number of ether oxygens (including phenoxy) is 4. The van der Waals surface area contributed by atoms with Gasteiger partial charge in [-0.2, -0.15) is 0 Å². The van der Waals surface area contributed by atoms with E-state index in [9.17, 15) is 9.59 Å². The van der Waals surface area contributed by atoms with Crippen molar-refractivity contribution in [3.63, 3.8) is 0 Å². The molecule has 30 heavy (non-hydrogen) atoms. The van der Waals surface area contributed by atoms with Crippen LogP contribution >= 0.6 is 0 Å². The lowest BCUT2D eigenvalue weighted by Gasteiger charge is -2.12. The standard InChI is InChI=1S/C23H22O7/c1-14-16-7-5-6-8-18(16)30-23(14)17(24)13-29-22(25)10-9-15-11-20(27-3)21(28-4)12-19(15)26-2/h5-12H,13H2,1-4H3/b10-9+. The first-order chi connectivity index (χ1) is 14.5. The molecule has 3 aromatic rings. The van der Waals surface area contributed by atoms with Crippen LogP contribution in [0.3, 0.4) is 0 Å². The van der Waals surface area contributed by atoms with Crippen LogP contribution in [0.4, 0.5) is 0 Å². The second kappa shape index (κ2) is 9.17. The number of carbonyl (C=O) groups is 2. The van der Waals surface area contributed by atoms with Gasteiger partial charge in [-0.1, -0.05) is 18.2 Å². The van der Waals surface area contributed by atoms with Crippen LogP contribution in [0, 0.1) is 6.92 Å². The third-order valence-corrected chi connectivity index (χ3v) is 4.58. The van der Waals surface area contributed by atoms with Crippen LogP contribution in [-0.4, -0.2) is 39.7 Å². The second-order valence-corrected chi connectivity index (χ2v) is 6.37. The van der Waals surface area contributed by atoms with Crippen molar-refractivity contribution < 1.29 is 33.0 Å². The largest absolute Gasteiger partial charge is 0.496 e. The number of Topliss-reactive ketones (excluding diaryl/α,β-unsaturated/α-hetero) is 1. The van der Waals surface area contributed by atoms with Gasteiger partial charge in [0.15, 0.2) is 23.9 Å². The number of aryl methyl sites for hydroxylation is 1. The number of benzene rings is 2. The summed E-state index contributed by atoms with van der Waals surface area (Å²) < 4.78 is 26.5. The van der Waals surface area contributed by atoms with Gasteiger partial charge in [-0.3, -0.25) is 4.79 Å². The highest BCUT2D eigenvalue weighted by Crippen LogP contribution is 2.35. The molecule has 0 spiro atoms. The molecule has 1 heterocycles. The minimum Gasteiger partial charge on any atom is -0.496 e. The Hall–Kier alpha value is -3.74. The summed E-state index contributed by atoms with van der Waals surface area (Å²) in [7, 11) is 4.54. The zero-order valence-electron chi connectivity index (χ0n) is 17.2. The Morgan fingerprint density at radius 2 is 1.63 bits per heavy atom. The van der Waals surface area contributed by atoms with E-state index in [4.69, 9.17) is 23.4 Å². The van der Waals surface area contributed by atoms with Crippen molar-refractivity contribution in [3.8, 4) is 17.2 Å². The Kier molecular flexibility index (Phi) is 6.41. The van der Waals surface area contributed by atoms with E-state index in [0.717, 1.165) is 10.9 Å². The second-order valence-electron chi connectivity index (χ2n) is 6.37. The van der Waals surface area contributed by atoms with Gasteiger partial charge in [-0.05, 0) is 25.1 Å². The maximum atomic E-state index is 12.4. The Balaban J connectivity index is 1.69. The van der Waals surface area contributed by atoms with Crippen molar-refractivity contribution in [2.45, 2.75) is 6.92 Å². The molecule has 0 saturated heterocycles. The number of fused-ring (bicyclic) bond motifs is 1.